The Bertz CT molecular complexity index is 2220. The molecule has 5 saturated heterocycles. The number of aromatic nitrogens is 2. The van der Waals surface area contributed by atoms with Crippen molar-refractivity contribution in [1.29, 1.82) is 0 Å². The quantitative estimate of drug-likeness (QED) is 0.240. The molecule has 16 heteroatoms. The molecule has 60 heavy (non-hydrogen) atoms. The van der Waals surface area contributed by atoms with Crippen LogP contribution >= 0.6 is 0 Å². The number of nitrogens with one attached hydrogen (secondary N) is 2. The van der Waals surface area contributed by atoms with Gasteiger partial charge in [-0.1, -0.05) is 18.7 Å². The highest BCUT2D eigenvalue weighted by molar-refractivity contribution is 6.23. The molecule has 7 heterocycles. The van der Waals surface area contributed by atoms with Gasteiger partial charge in [0.25, 0.3) is 17.7 Å². The van der Waals surface area contributed by atoms with Crippen LogP contribution in [0, 0.1) is 5.92 Å². The smallest absolute Gasteiger partial charge is 0.320 e. The number of urea groups is 1. The van der Waals surface area contributed by atoms with E-state index in [2.05, 4.69) is 49.0 Å². The summed E-state index contributed by atoms with van der Waals surface area (Å²) in [6.45, 7) is 11.6. The molecule has 6 aliphatic rings. The van der Waals surface area contributed by atoms with Crippen molar-refractivity contribution in [3.63, 3.8) is 0 Å². The van der Waals surface area contributed by atoms with Crippen LogP contribution < -0.4 is 26.2 Å². The van der Waals surface area contributed by atoms with Gasteiger partial charge in [0, 0.05) is 63.4 Å². The van der Waals surface area contributed by atoms with Crippen molar-refractivity contribution in [2.24, 2.45) is 11.7 Å². The molecule has 5 fully saturated rings. The van der Waals surface area contributed by atoms with Crippen molar-refractivity contribution < 1.29 is 24.0 Å². The maximum absolute atomic E-state index is 13.3. The van der Waals surface area contributed by atoms with E-state index >= 15 is 0 Å². The molecule has 6 amide bonds. The van der Waals surface area contributed by atoms with Crippen LogP contribution in [0.15, 0.2) is 60.9 Å². The average Bonchev–Trinajstić information content (AvgIpc) is 3.70. The number of primary amides is 1. The van der Waals surface area contributed by atoms with Crippen LogP contribution in [0.4, 0.5) is 27.8 Å². The molecule has 0 spiro atoms. The molecule has 1 aromatic heterocycles. The number of likely N-dealkylation sites (tertiary alicyclic amines) is 1. The molecular formula is C44H53N11O5. The van der Waals surface area contributed by atoms with Gasteiger partial charge in [-0.2, -0.15) is 0 Å². The van der Waals surface area contributed by atoms with E-state index in [0.29, 0.717) is 59.7 Å². The van der Waals surface area contributed by atoms with Crippen LogP contribution in [0.1, 0.15) is 87.6 Å². The van der Waals surface area contributed by atoms with Crippen molar-refractivity contribution in [2.75, 3.05) is 81.1 Å². The molecule has 6 aliphatic heterocycles. The number of nitrogens with two attached hydrogens (primary N) is 1. The summed E-state index contributed by atoms with van der Waals surface area (Å²) in [5.74, 6) is 0.169. The summed E-state index contributed by atoms with van der Waals surface area (Å²) in [6, 6.07) is 13.1. The van der Waals surface area contributed by atoms with E-state index in [1.807, 2.05) is 36.2 Å². The fourth-order valence-corrected chi connectivity index (χ4v) is 9.75. The number of carbonyl (C=O) groups is 5. The number of fused-ring (bicyclic) bond motifs is 1. The number of likely N-dealkylation sites (N-methyl/N-ethyl adjacent to an activating group) is 1. The minimum absolute atomic E-state index is 0.0655. The summed E-state index contributed by atoms with van der Waals surface area (Å²) in [6.07, 6.45) is 7.65. The lowest BCUT2D eigenvalue weighted by molar-refractivity contribution is -0.125. The number of piperidine rings is 3. The second kappa shape index (κ2) is 16.2. The number of hydrogen-bond donors (Lipinski definition) is 3. The van der Waals surface area contributed by atoms with Gasteiger partial charge in [0.1, 0.15) is 11.9 Å². The molecule has 1 unspecified atom stereocenters. The second-order valence-corrected chi connectivity index (χ2v) is 17.2. The van der Waals surface area contributed by atoms with Gasteiger partial charge in [0.2, 0.25) is 5.91 Å². The van der Waals surface area contributed by atoms with Crippen LogP contribution in [-0.4, -0.2) is 137 Å². The number of amides is 6. The van der Waals surface area contributed by atoms with E-state index in [1.54, 1.807) is 17.2 Å². The highest BCUT2D eigenvalue weighted by Gasteiger charge is 2.44. The molecule has 0 radical (unpaired) electrons. The van der Waals surface area contributed by atoms with Gasteiger partial charge >= 0.3 is 6.03 Å². The molecule has 16 nitrogen and oxygen atoms in total. The largest absolute Gasteiger partial charge is 0.371 e. The summed E-state index contributed by atoms with van der Waals surface area (Å²) < 4.78 is 0. The lowest BCUT2D eigenvalue weighted by atomic mass is 9.88. The molecule has 0 saturated carbocycles. The van der Waals surface area contributed by atoms with E-state index in [4.69, 9.17) is 10.7 Å². The van der Waals surface area contributed by atoms with Gasteiger partial charge < -0.3 is 40.9 Å². The molecule has 0 bridgehead atoms. The Morgan fingerprint density at radius 1 is 0.900 bits per heavy atom. The zero-order chi connectivity index (χ0) is 41.7. The first-order chi connectivity index (χ1) is 29.0. The Kier molecular flexibility index (Phi) is 10.6. The Morgan fingerprint density at radius 3 is 2.38 bits per heavy atom. The predicted octanol–water partition coefficient (Wildman–Crippen LogP) is 3.75. The number of hydrogen-bond acceptors (Lipinski definition) is 11. The molecule has 9 rings (SSSR count). The Balaban J connectivity index is 0.740. The lowest BCUT2D eigenvalue weighted by Gasteiger charge is -2.42. The van der Waals surface area contributed by atoms with Crippen LogP contribution in [-0.2, 0) is 4.79 Å². The number of rotatable bonds is 11. The van der Waals surface area contributed by atoms with Crippen molar-refractivity contribution in [3.8, 4) is 0 Å². The van der Waals surface area contributed by atoms with Gasteiger partial charge in [-0.05, 0) is 112 Å². The van der Waals surface area contributed by atoms with E-state index < -0.39 is 23.8 Å². The zero-order valence-corrected chi connectivity index (χ0v) is 34.1. The number of benzene rings is 2. The maximum Gasteiger partial charge on any atom is 0.320 e. The first-order valence-corrected chi connectivity index (χ1v) is 21.3. The topological polar surface area (TPSA) is 181 Å². The predicted molar refractivity (Wildman–Crippen MR) is 226 cm³/mol. The average molecular weight is 816 g/mol. The number of allylic oxidation sites excluding steroid dienone is 1. The van der Waals surface area contributed by atoms with Crippen molar-refractivity contribution in [3.05, 3.63) is 83.3 Å². The first-order valence-electron chi connectivity index (χ1n) is 21.3. The molecule has 4 N–H and O–H groups in total. The molecule has 3 aromatic rings. The minimum atomic E-state index is -0.810. The summed E-state index contributed by atoms with van der Waals surface area (Å²) in [5.41, 5.74) is 10.2. The molecular weight excluding hydrogens is 763 g/mol. The summed E-state index contributed by atoms with van der Waals surface area (Å²) in [4.78, 5) is 85.1. The standard InChI is InChI=1S/C44H53N11O5/c1-27-5-12-36(41(57)47-27)55-42(58)34-11-10-32(22-35(34)43(55)59)53-24-28(25-53)13-17-51-18-14-30(15-19-51)29-6-8-31(9-7-29)48-40-38(39(45)56)46-23-37(49-40)52-16-3-4-33(26-52)54-21-20-50(2)44(54)60/h6-11,22-23,28,30,33,36H,1,3-5,12-21,24-26H2,2H3,(H2,45,56)(H,47,57)(H,48,49)/t33-,36?/m1/s1. The Labute approximate surface area is 349 Å². The van der Waals surface area contributed by atoms with Gasteiger partial charge in [-0.15, -0.1) is 0 Å². The Morgan fingerprint density at radius 2 is 1.67 bits per heavy atom. The van der Waals surface area contributed by atoms with Crippen LogP contribution in [0.3, 0.4) is 0 Å². The summed E-state index contributed by atoms with van der Waals surface area (Å²) in [5, 5.41) is 5.99. The van der Waals surface area contributed by atoms with E-state index in [0.717, 1.165) is 101 Å². The number of imide groups is 1. The molecule has 0 aliphatic carbocycles. The van der Waals surface area contributed by atoms with Crippen molar-refractivity contribution in [1.82, 2.24) is 34.9 Å². The molecule has 2 aromatic carbocycles. The normalized spacial score (nSPS) is 23.0. The van der Waals surface area contributed by atoms with Crippen molar-refractivity contribution >= 4 is 52.7 Å². The Hall–Kier alpha value is -6.03. The third-order valence-electron chi connectivity index (χ3n) is 13.3. The fourth-order valence-electron chi connectivity index (χ4n) is 9.75. The highest BCUT2D eigenvalue weighted by Crippen LogP contribution is 2.35. The second-order valence-electron chi connectivity index (χ2n) is 17.2. The van der Waals surface area contributed by atoms with E-state index in [1.165, 1.54) is 5.56 Å². The van der Waals surface area contributed by atoms with E-state index in [9.17, 15) is 24.0 Å². The zero-order valence-electron chi connectivity index (χ0n) is 34.1. The third-order valence-corrected chi connectivity index (χ3v) is 13.3. The SMILES string of the molecule is C=C1CCC(N2C(=O)c3ccc(N4CC(CCN5CCC(c6ccc(Nc7nc(N8CCC[C@@H](N9CCN(C)C9=O)C8)cnc7C(N)=O)cc6)CC5)C4)cc3C2=O)C(=O)N1. The number of nitrogens with zero attached hydrogens (tertiary/aromatic N) is 8. The molecule has 2 atom stereocenters. The first kappa shape index (κ1) is 39.4. The minimum Gasteiger partial charge on any atom is -0.371 e. The summed E-state index contributed by atoms with van der Waals surface area (Å²) >= 11 is 0. The number of anilines is 4. The third kappa shape index (κ3) is 7.64. The van der Waals surface area contributed by atoms with Gasteiger partial charge in [0.15, 0.2) is 11.5 Å². The van der Waals surface area contributed by atoms with Crippen molar-refractivity contribution in [2.45, 2.75) is 62.9 Å². The number of carbonyl (C=O) groups excluding carboxylic acids is 5. The highest BCUT2D eigenvalue weighted by atomic mass is 16.2. The van der Waals surface area contributed by atoms with Gasteiger partial charge in [-0.3, -0.25) is 24.1 Å². The molecule has 314 valence electrons. The van der Waals surface area contributed by atoms with Crippen LogP contribution in [0.5, 0.6) is 0 Å². The van der Waals surface area contributed by atoms with Crippen LogP contribution in [0.25, 0.3) is 0 Å². The van der Waals surface area contributed by atoms with Gasteiger partial charge in [0.05, 0.1) is 23.4 Å². The fraction of sp³-hybridized carbons (Fsp3) is 0.477. The van der Waals surface area contributed by atoms with Gasteiger partial charge in [-0.25, -0.2) is 14.8 Å². The van der Waals surface area contributed by atoms with E-state index in [-0.39, 0.29) is 23.7 Å². The van der Waals surface area contributed by atoms with Crippen LogP contribution in [0.2, 0.25) is 0 Å². The maximum atomic E-state index is 13.3. The lowest BCUT2D eigenvalue weighted by Crippen LogP contribution is -2.51. The summed E-state index contributed by atoms with van der Waals surface area (Å²) in [7, 11) is 1.84. The monoisotopic (exact) mass is 815 g/mol.